The van der Waals surface area contributed by atoms with Gasteiger partial charge in [-0.25, -0.2) is 4.79 Å². The lowest BCUT2D eigenvalue weighted by molar-refractivity contribution is -0.140. The number of carbonyl (C=O) groups is 3. The second kappa shape index (κ2) is 6.43. The van der Waals surface area contributed by atoms with Crippen molar-refractivity contribution in [2.24, 2.45) is 0 Å². The maximum atomic E-state index is 11.6. The molecule has 0 radical (unpaired) electrons. The molecule has 1 aromatic heterocycles. The van der Waals surface area contributed by atoms with E-state index in [-0.39, 0.29) is 6.54 Å². The highest BCUT2D eigenvalue weighted by Crippen LogP contribution is 2.05. The van der Waals surface area contributed by atoms with Gasteiger partial charge in [0, 0.05) is 0 Å². The number of aliphatic carboxylic acids is 2. The van der Waals surface area contributed by atoms with Crippen molar-refractivity contribution in [3.63, 3.8) is 0 Å². The summed E-state index contributed by atoms with van der Waals surface area (Å²) >= 11 is 0. The van der Waals surface area contributed by atoms with Gasteiger partial charge in [-0.1, -0.05) is 0 Å². The zero-order valence-corrected chi connectivity index (χ0v) is 10.3. The van der Waals surface area contributed by atoms with Gasteiger partial charge in [0.1, 0.15) is 24.6 Å². The predicted molar refractivity (Wildman–Crippen MR) is 62.5 cm³/mol. The Morgan fingerprint density at radius 1 is 1.21 bits per heavy atom. The highest BCUT2D eigenvalue weighted by Gasteiger charge is 2.19. The van der Waals surface area contributed by atoms with Crippen LogP contribution in [0.3, 0.4) is 0 Å². The monoisotopic (exact) mass is 270 g/mol. The number of nitrogens with one attached hydrogen (secondary N) is 1. The molecule has 1 rings (SSSR count). The Hall–Kier alpha value is -2.51. The van der Waals surface area contributed by atoms with E-state index < -0.39 is 31.1 Å². The molecule has 0 saturated heterocycles. The minimum Gasteiger partial charge on any atom is -0.480 e. The minimum absolute atomic E-state index is 0.0579. The molecule has 2 amide bonds. The van der Waals surface area contributed by atoms with E-state index in [1.165, 1.54) is 0 Å². The molecule has 1 aromatic rings. The molecule has 0 aliphatic rings. The molecule has 0 saturated carbocycles. The van der Waals surface area contributed by atoms with E-state index in [0.717, 1.165) is 0 Å². The Morgan fingerprint density at radius 3 is 2.21 bits per heavy atom. The first-order chi connectivity index (χ1) is 8.88. The van der Waals surface area contributed by atoms with Crippen molar-refractivity contribution in [2.45, 2.75) is 13.5 Å². The Balaban J connectivity index is 2.55. The van der Waals surface area contributed by atoms with Crippen molar-refractivity contribution in [3.8, 4) is 0 Å². The van der Waals surface area contributed by atoms with E-state index >= 15 is 0 Å². The van der Waals surface area contributed by atoms with Crippen LogP contribution >= 0.6 is 0 Å². The van der Waals surface area contributed by atoms with E-state index in [1.54, 1.807) is 19.1 Å². The zero-order valence-electron chi connectivity index (χ0n) is 10.3. The molecule has 0 atom stereocenters. The molecule has 19 heavy (non-hydrogen) atoms. The molecule has 8 heteroatoms. The summed E-state index contributed by atoms with van der Waals surface area (Å²) in [5, 5.41) is 19.6. The molecule has 8 nitrogen and oxygen atoms in total. The Morgan fingerprint density at radius 2 is 1.79 bits per heavy atom. The summed E-state index contributed by atoms with van der Waals surface area (Å²) in [6, 6.07) is 2.60. The standard InChI is InChI=1S/C11H14N2O6/c1-7-2-3-8(19-7)4-12-11(18)13(5-9(14)15)6-10(16)17/h2-3H,4-6H2,1H3,(H,12,18)(H,14,15)(H,16,17). The first-order valence-electron chi connectivity index (χ1n) is 5.40. The van der Waals surface area contributed by atoms with Gasteiger partial charge < -0.3 is 24.8 Å². The van der Waals surface area contributed by atoms with E-state index in [0.29, 0.717) is 16.4 Å². The van der Waals surface area contributed by atoms with E-state index in [9.17, 15) is 14.4 Å². The Kier molecular flexibility index (Phi) is 4.92. The van der Waals surface area contributed by atoms with Crippen molar-refractivity contribution < 1.29 is 29.0 Å². The molecular weight excluding hydrogens is 256 g/mol. The van der Waals surface area contributed by atoms with Crippen molar-refractivity contribution >= 4 is 18.0 Å². The van der Waals surface area contributed by atoms with Crippen LogP contribution < -0.4 is 5.32 Å². The SMILES string of the molecule is Cc1ccc(CNC(=O)N(CC(=O)O)CC(=O)O)o1. The first-order valence-corrected chi connectivity index (χ1v) is 5.40. The molecule has 3 N–H and O–H groups in total. The van der Waals surface area contributed by atoms with Crippen LogP contribution in [0, 0.1) is 6.92 Å². The predicted octanol–water partition coefficient (Wildman–Crippen LogP) is 0.269. The van der Waals surface area contributed by atoms with Crippen LogP contribution in [0.4, 0.5) is 4.79 Å². The topological polar surface area (TPSA) is 120 Å². The third kappa shape index (κ3) is 5.11. The number of carbonyl (C=O) groups excluding carboxylic acids is 1. The average Bonchev–Trinajstić information content (AvgIpc) is 2.70. The van der Waals surface area contributed by atoms with Gasteiger partial charge in [0.15, 0.2) is 0 Å². The first kappa shape index (κ1) is 14.6. The number of carboxylic acid groups (broad SMARTS) is 2. The fraction of sp³-hybridized carbons (Fsp3) is 0.364. The number of nitrogens with zero attached hydrogens (tertiary/aromatic N) is 1. The largest absolute Gasteiger partial charge is 0.480 e. The number of rotatable bonds is 6. The van der Waals surface area contributed by atoms with Gasteiger partial charge in [0.05, 0.1) is 6.54 Å². The molecule has 0 aliphatic heterocycles. The summed E-state index contributed by atoms with van der Waals surface area (Å²) in [7, 11) is 0. The van der Waals surface area contributed by atoms with Gasteiger partial charge in [-0.15, -0.1) is 0 Å². The molecule has 1 heterocycles. The van der Waals surface area contributed by atoms with Gasteiger partial charge in [-0.3, -0.25) is 9.59 Å². The third-order valence-corrected chi connectivity index (χ3v) is 2.15. The number of amides is 2. The highest BCUT2D eigenvalue weighted by atomic mass is 16.4. The second-order valence-corrected chi connectivity index (χ2v) is 3.81. The van der Waals surface area contributed by atoms with Crippen LogP contribution in [0.2, 0.25) is 0 Å². The third-order valence-electron chi connectivity index (χ3n) is 2.15. The van der Waals surface area contributed by atoms with Crippen molar-refractivity contribution in [1.82, 2.24) is 10.2 Å². The van der Waals surface area contributed by atoms with E-state index in [2.05, 4.69) is 5.32 Å². The summed E-state index contributed by atoms with van der Waals surface area (Å²) in [5.41, 5.74) is 0. The number of hydrogen-bond acceptors (Lipinski definition) is 4. The molecule has 0 aromatic carbocycles. The fourth-order valence-electron chi connectivity index (χ4n) is 1.38. The van der Waals surface area contributed by atoms with Gasteiger partial charge in [0.25, 0.3) is 0 Å². The Bertz CT molecular complexity index is 465. The molecule has 0 spiro atoms. The molecule has 104 valence electrons. The molecule has 0 bridgehead atoms. The van der Waals surface area contributed by atoms with Crippen LogP contribution in [0.5, 0.6) is 0 Å². The maximum Gasteiger partial charge on any atom is 0.323 e. The van der Waals surface area contributed by atoms with Crippen LogP contribution in [0.1, 0.15) is 11.5 Å². The van der Waals surface area contributed by atoms with E-state index in [1.807, 2.05) is 0 Å². The zero-order chi connectivity index (χ0) is 14.4. The Labute approximate surface area is 108 Å². The number of hydrogen-bond donors (Lipinski definition) is 3. The van der Waals surface area contributed by atoms with Crippen LogP contribution in [-0.4, -0.2) is 46.2 Å². The van der Waals surface area contributed by atoms with Crippen molar-refractivity contribution in [2.75, 3.05) is 13.1 Å². The normalized spacial score (nSPS) is 9.95. The van der Waals surface area contributed by atoms with Crippen molar-refractivity contribution in [3.05, 3.63) is 23.7 Å². The van der Waals surface area contributed by atoms with Crippen molar-refractivity contribution in [1.29, 1.82) is 0 Å². The number of aryl methyl sites for hydroxylation is 1. The second-order valence-electron chi connectivity index (χ2n) is 3.81. The summed E-state index contributed by atoms with van der Waals surface area (Å²) in [4.78, 5) is 33.4. The fourth-order valence-corrected chi connectivity index (χ4v) is 1.38. The summed E-state index contributed by atoms with van der Waals surface area (Å²) in [6.07, 6.45) is 0. The quantitative estimate of drug-likeness (QED) is 0.682. The maximum absolute atomic E-state index is 11.6. The minimum atomic E-state index is -1.29. The number of furan rings is 1. The summed E-state index contributed by atoms with van der Waals surface area (Å²) in [6.45, 7) is 0.430. The van der Waals surface area contributed by atoms with Gasteiger partial charge in [-0.2, -0.15) is 0 Å². The molecule has 0 fully saturated rings. The number of urea groups is 1. The van der Waals surface area contributed by atoms with Crippen LogP contribution in [0.25, 0.3) is 0 Å². The highest BCUT2D eigenvalue weighted by molar-refractivity contribution is 5.83. The van der Waals surface area contributed by atoms with Crippen LogP contribution in [0.15, 0.2) is 16.5 Å². The lowest BCUT2D eigenvalue weighted by Gasteiger charge is -2.18. The van der Waals surface area contributed by atoms with Gasteiger partial charge in [-0.05, 0) is 19.1 Å². The molecule has 0 aliphatic carbocycles. The lowest BCUT2D eigenvalue weighted by Crippen LogP contribution is -2.45. The van der Waals surface area contributed by atoms with E-state index in [4.69, 9.17) is 14.6 Å². The van der Waals surface area contributed by atoms with Gasteiger partial charge >= 0.3 is 18.0 Å². The molecular formula is C11H14N2O6. The summed E-state index contributed by atoms with van der Waals surface area (Å²) in [5.74, 6) is -1.40. The van der Waals surface area contributed by atoms with Crippen LogP contribution in [-0.2, 0) is 16.1 Å². The van der Waals surface area contributed by atoms with Gasteiger partial charge in [0.2, 0.25) is 0 Å². The molecule has 0 unspecified atom stereocenters. The smallest absolute Gasteiger partial charge is 0.323 e. The average molecular weight is 270 g/mol. The summed E-state index contributed by atoms with van der Waals surface area (Å²) < 4.78 is 5.21. The number of carboxylic acids is 2. The lowest BCUT2D eigenvalue weighted by atomic mass is 10.4.